The Kier molecular flexibility index (Phi) is 6.20. The minimum Gasteiger partial charge on any atom is -0.489 e. The number of para-hydroxylation sites is 1. The van der Waals surface area contributed by atoms with E-state index in [0.29, 0.717) is 17.3 Å². The van der Waals surface area contributed by atoms with Crippen LogP contribution in [0.5, 0.6) is 5.75 Å². The Morgan fingerprint density at radius 3 is 2.56 bits per heavy atom. The minimum absolute atomic E-state index is 0.0577. The fourth-order valence-electron chi connectivity index (χ4n) is 2.52. The smallest absolute Gasteiger partial charge is 0.339 e. The molecule has 0 atom stereocenters. The second kappa shape index (κ2) is 8.98. The Balaban J connectivity index is 1.60. The van der Waals surface area contributed by atoms with Crippen LogP contribution in [0.25, 0.3) is 0 Å². The average molecular weight is 366 g/mol. The molecule has 0 radical (unpaired) electrons. The summed E-state index contributed by atoms with van der Waals surface area (Å²) in [5.74, 6) is 1.62. The van der Waals surface area contributed by atoms with E-state index in [2.05, 4.69) is 24.0 Å². The number of benzene rings is 2. The third-order valence-corrected chi connectivity index (χ3v) is 3.80. The molecule has 0 bridgehead atoms. The lowest BCUT2D eigenvalue weighted by Crippen LogP contribution is -2.10. The van der Waals surface area contributed by atoms with E-state index in [1.807, 2.05) is 42.5 Å². The van der Waals surface area contributed by atoms with Crippen LogP contribution in [0.2, 0.25) is 0 Å². The zero-order valence-electron chi connectivity index (χ0n) is 15.4. The Morgan fingerprint density at radius 1 is 1.04 bits per heavy atom. The summed E-state index contributed by atoms with van der Waals surface area (Å²) in [5.41, 5.74) is 1.20. The quantitative estimate of drug-likeness (QED) is 0.556. The highest BCUT2D eigenvalue weighted by molar-refractivity contribution is 5.91. The Hall–Kier alpha value is -3.15. The van der Waals surface area contributed by atoms with E-state index in [4.69, 9.17) is 14.0 Å². The number of ether oxygens (including phenoxy) is 2. The normalized spacial score (nSPS) is 10.8. The van der Waals surface area contributed by atoms with Gasteiger partial charge in [-0.2, -0.15) is 4.98 Å². The molecule has 0 saturated heterocycles. The summed E-state index contributed by atoms with van der Waals surface area (Å²) in [6, 6.07) is 16.6. The first-order valence-corrected chi connectivity index (χ1v) is 8.86. The van der Waals surface area contributed by atoms with E-state index in [-0.39, 0.29) is 19.1 Å². The highest BCUT2D eigenvalue weighted by Crippen LogP contribution is 2.16. The van der Waals surface area contributed by atoms with Gasteiger partial charge in [-0.25, -0.2) is 4.79 Å². The highest BCUT2D eigenvalue weighted by Gasteiger charge is 2.15. The van der Waals surface area contributed by atoms with Crippen LogP contribution in [-0.4, -0.2) is 16.1 Å². The zero-order chi connectivity index (χ0) is 19.1. The fraction of sp³-hybridized carbons (Fsp3) is 0.286. The van der Waals surface area contributed by atoms with Crippen LogP contribution in [0.15, 0.2) is 59.1 Å². The van der Waals surface area contributed by atoms with Gasteiger partial charge in [0.1, 0.15) is 12.4 Å². The molecule has 1 heterocycles. The van der Waals surface area contributed by atoms with Crippen molar-refractivity contribution in [3.63, 3.8) is 0 Å². The summed E-state index contributed by atoms with van der Waals surface area (Å²) in [6.07, 6.45) is 0.719. The van der Waals surface area contributed by atoms with Crippen LogP contribution in [0.4, 0.5) is 0 Å². The molecule has 6 heteroatoms. The SMILES string of the molecule is CC(C)Cc1noc(COC(=O)c2ccccc2COc2ccccc2)n1. The highest BCUT2D eigenvalue weighted by atomic mass is 16.6. The van der Waals surface area contributed by atoms with Crippen molar-refractivity contribution in [2.24, 2.45) is 5.92 Å². The monoisotopic (exact) mass is 366 g/mol. The van der Waals surface area contributed by atoms with E-state index < -0.39 is 5.97 Å². The maximum absolute atomic E-state index is 12.5. The van der Waals surface area contributed by atoms with Crippen molar-refractivity contribution in [3.05, 3.63) is 77.4 Å². The molecule has 27 heavy (non-hydrogen) atoms. The molecule has 3 rings (SSSR count). The van der Waals surface area contributed by atoms with Crippen molar-refractivity contribution in [2.45, 2.75) is 33.5 Å². The average Bonchev–Trinajstić information content (AvgIpc) is 3.12. The van der Waals surface area contributed by atoms with Gasteiger partial charge in [0.2, 0.25) is 0 Å². The van der Waals surface area contributed by atoms with Crippen molar-refractivity contribution in [1.82, 2.24) is 10.1 Å². The summed E-state index contributed by atoms with van der Waals surface area (Å²) in [6.45, 7) is 4.36. The van der Waals surface area contributed by atoms with Crippen molar-refractivity contribution in [3.8, 4) is 5.75 Å². The molecule has 0 unspecified atom stereocenters. The van der Waals surface area contributed by atoms with Crippen molar-refractivity contribution < 1.29 is 18.8 Å². The number of aromatic nitrogens is 2. The predicted octanol–water partition coefficient (Wildman–Crippen LogP) is 4.20. The molecule has 1 aromatic heterocycles. The van der Waals surface area contributed by atoms with Gasteiger partial charge in [0, 0.05) is 12.0 Å². The number of carbonyl (C=O) groups is 1. The molecule has 0 fully saturated rings. The molecule has 3 aromatic rings. The van der Waals surface area contributed by atoms with Gasteiger partial charge in [-0.3, -0.25) is 0 Å². The van der Waals surface area contributed by atoms with Crippen LogP contribution in [0.1, 0.15) is 41.5 Å². The van der Waals surface area contributed by atoms with Gasteiger partial charge in [-0.05, 0) is 24.1 Å². The maximum atomic E-state index is 12.5. The zero-order valence-corrected chi connectivity index (χ0v) is 15.4. The van der Waals surface area contributed by atoms with E-state index >= 15 is 0 Å². The molecule has 0 saturated carbocycles. The van der Waals surface area contributed by atoms with Crippen molar-refractivity contribution in [1.29, 1.82) is 0 Å². The van der Waals surface area contributed by atoms with E-state index in [9.17, 15) is 4.79 Å². The molecule has 0 amide bonds. The summed E-state index contributed by atoms with van der Waals surface area (Å²) in [4.78, 5) is 16.7. The molecule has 6 nitrogen and oxygen atoms in total. The van der Waals surface area contributed by atoms with Crippen molar-refractivity contribution >= 4 is 5.97 Å². The van der Waals surface area contributed by atoms with E-state index in [1.165, 1.54) is 0 Å². The number of esters is 1. The Labute approximate surface area is 158 Å². The summed E-state index contributed by atoms with van der Waals surface area (Å²) in [7, 11) is 0. The van der Waals surface area contributed by atoms with Gasteiger partial charge < -0.3 is 14.0 Å². The molecule has 0 aliphatic rings. The number of nitrogens with zero attached hydrogens (tertiary/aromatic N) is 2. The maximum Gasteiger partial charge on any atom is 0.339 e. The number of hydrogen-bond acceptors (Lipinski definition) is 6. The minimum atomic E-state index is -0.453. The van der Waals surface area contributed by atoms with E-state index in [1.54, 1.807) is 12.1 Å². The van der Waals surface area contributed by atoms with Gasteiger partial charge in [-0.15, -0.1) is 0 Å². The van der Waals surface area contributed by atoms with Gasteiger partial charge in [0.05, 0.1) is 5.56 Å². The van der Waals surface area contributed by atoms with E-state index in [0.717, 1.165) is 17.7 Å². The second-order valence-corrected chi connectivity index (χ2v) is 6.54. The first-order chi connectivity index (χ1) is 13.1. The first-order valence-electron chi connectivity index (χ1n) is 8.86. The third-order valence-electron chi connectivity index (χ3n) is 3.80. The first kappa shape index (κ1) is 18.6. The third kappa shape index (κ3) is 5.41. The lowest BCUT2D eigenvalue weighted by atomic mass is 10.1. The molecule has 0 N–H and O–H groups in total. The number of carbonyl (C=O) groups excluding carboxylic acids is 1. The largest absolute Gasteiger partial charge is 0.489 e. The summed E-state index contributed by atoms with van der Waals surface area (Å²) < 4.78 is 16.2. The molecule has 0 aliphatic carbocycles. The second-order valence-electron chi connectivity index (χ2n) is 6.54. The van der Waals surface area contributed by atoms with Gasteiger partial charge in [0.15, 0.2) is 12.4 Å². The number of rotatable bonds is 8. The lowest BCUT2D eigenvalue weighted by molar-refractivity contribution is 0.0427. The molecule has 0 spiro atoms. The van der Waals surface area contributed by atoms with Gasteiger partial charge in [0.25, 0.3) is 5.89 Å². The Morgan fingerprint density at radius 2 is 1.78 bits per heavy atom. The molecular formula is C21H22N2O4. The molecule has 140 valence electrons. The van der Waals surface area contributed by atoms with Crippen LogP contribution in [0.3, 0.4) is 0 Å². The van der Waals surface area contributed by atoms with Gasteiger partial charge >= 0.3 is 5.97 Å². The molecule has 0 aliphatic heterocycles. The van der Waals surface area contributed by atoms with Crippen LogP contribution < -0.4 is 4.74 Å². The summed E-state index contributed by atoms with van der Waals surface area (Å²) in [5, 5.41) is 3.89. The Bertz CT molecular complexity index is 875. The van der Waals surface area contributed by atoms with Crippen molar-refractivity contribution in [2.75, 3.05) is 0 Å². The number of hydrogen-bond donors (Lipinski definition) is 0. The molecular weight excluding hydrogens is 344 g/mol. The fourth-order valence-corrected chi connectivity index (χ4v) is 2.52. The topological polar surface area (TPSA) is 74.5 Å². The lowest BCUT2D eigenvalue weighted by Gasteiger charge is -2.10. The standard InChI is InChI=1S/C21H22N2O4/c1-15(2)12-19-22-20(27-23-19)14-26-21(24)18-11-7-6-8-16(18)13-25-17-9-4-3-5-10-17/h3-11,15H,12-14H2,1-2H3. The molecule has 2 aromatic carbocycles. The predicted molar refractivity (Wildman–Crippen MR) is 99.2 cm³/mol. The van der Waals surface area contributed by atoms with Crippen LogP contribution in [-0.2, 0) is 24.4 Å². The van der Waals surface area contributed by atoms with Gasteiger partial charge in [-0.1, -0.05) is 55.4 Å². The van der Waals surface area contributed by atoms with Crippen LogP contribution in [0, 0.1) is 5.92 Å². The van der Waals surface area contributed by atoms with Crippen LogP contribution >= 0.6 is 0 Å². The summed E-state index contributed by atoms with van der Waals surface area (Å²) >= 11 is 0.